The molecule has 0 radical (unpaired) electrons. The number of aromatic nitrogens is 3. The number of nitrogens with one attached hydrogen (secondary N) is 2. The minimum atomic E-state index is -0.414. The van der Waals surface area contributed by atoms with Crippen LogP contribution in [0.4, 0.5) is 11.5 Å². The first-order valence-electron chi connectivity index (χ1n) is 11.3. The molecule has 1 saturated heterocycles. The van der Waals surface area contributed by atoms with Crippen LogP contribution in [0.5, 0.6) is 5.75 Å². The lowest BCUT2D eigenvalue weighted by Gasteiger charge is -2.33. The van der Waals surface area contributed by atoms with E-state index in [0.29, 0.717) is 43.4 Å². The lowest BCUT2D eigenvalue weighted by molar-refractivity contribution is 0.102. The number of anilines is 2. The van der Waals surface area contributed by atoms with E-state index in [1.165, 1.54) is 6.07 Å². The van der Waals surface area contributed by atoms with Crippen LogP contribution in [0.3, 0.4) is 0 Å². The largest absolute Gasteiger partial charge is 0.508 e. The minimum absolute atomic E-state index is 0.0176. The Kier molecular flexibility index (Phi) is 6.20. The van der Waals surface area contributed by atoms with Gasteiger partial charge in [-0.3, -0.25) is 9.78 Å². The van der Waals surface area contributed by atoms with E-state index in [0.717, 1.165) is 16.3 Å². The molecule has 9 nitrogen and oxygen atoms in total. The molecule has 35 heavy (non-hydrogen) atoms. The number of nitrogens with zero attached hydrogens (tertiary/aromatic N) is 5. The first-order chi connectivity index (χ1) is 17.1. The number of aromatic hydroxyl groups is 1. The third kappa shape index (κ3) is 4.88. The lowest BCUT2D eigenvalue weighted by atomic mass is 10.1. The summed E-state index contributed by atoms with van der Waals surface area (Å²) in [6.07, 6.45) is 3.69. The molecule has 1 unspecified atom stereocenters. The fourth-order valence-corrected chi connectivity index (χ4v) is 4.21. The molecule has 3 N–H and O–H groups in total. The van der Waals surface area contributed by atoms with E-state index >= 15 is 0 Å². The molecular formula is C26H23N7O2. The molecule has 174 valence electrons. The Bertz CT molecular complexity index is 1420. The van der Waals surface area contributed by atoms with Crippen molar-refractivity contribution in [2.45, 2.75) is 12.5 Å². The van der Waals surface area contributed by atoms with Crippen LogP contribution in [-0.2, 0) is 0 Å². The first kappa shape index (κ1) is 22.3. The Hall–Kier alpha value is -4.55. The van der Waals surface area contributed by atoms with Crippen molar-refractivity contribution < 1.29 is 9.90 Å². The summed E-state index contributed by atoms with van der Waals surface area (Å²) >= 11 is 0. The van der Waals surface area contributed by atoms with Gasteiger partial charge >= 0.3 is 0 Å². The molecule has 5 rings (SSSR count). The van der Waals surface area contributed by atoms with Gasteiger partial charge in [0.15, 0.2) is 5.82 Å². The third-order valence-corrected chi connectivity index (χ3v) is 5.90. The van der Waals surface area contributed by atoms with Gasteiger partial charge in [-0.1, -0.05) is 24.3 Å². The maximum absolute atomic E-state index is 13.4. The number of piperazine rings is 1. The average molecular weight is 466 g/mol. The third-order valence-electron chi connectivity index (χ3n) is 5.90. The molecule has 1 aliphatic rings. The molecule has 0 saturated carbocycles. The van der Waals surface area contributed by atoms with Crippen LogP contribution in [-0.4, -0.2) is 51.6 Å². The zero-order valence-corrected chi connectivity index (χ0v) is 18.8. The summed E-state index contributed by atoms with van der Waals surface area (Å²) in [6, 6.07) is 18.2. The molecule has 0 bridgehead atoms. The number of carbonyl (C=O) groups excluding carboxylic acids is 1. The monoisotopic (exact) mass is 465 g/mol. The zero-order chi connectivity index (χ0) is 24.2. The van der Waals surface area contributed by atoms with Gasteiger partial charge in [0.1, 0.15) is 17.3 Å². The Morgan fingerprint density at radius 3 is 2.83 bits per heavy atom. The normalized spacial score (nSPS) is 15.5. The van der Waals surface area contributed by atoms with Crippen molar-refractivity contribution in [3.8, 4) is 23.2 Å². The molecule has 2 aromatic heterocycles. The molecule has 9 heteroatoms. The van der Waals surface area contributed by atoms with E-state index in [9.17, 15) is 9.90 Å². The second-order valence-electron chi connectivity index (χ2n) is 8.30. The van der Waals surface area contributed by atoms with Crippen molar-refractivity contribution in [2.24, 2.45) is 0 Å². The summed E-state index contributed by atoms with van der Waals surface area (Å²) in [5, 5.41) is 27.1. The van der Waals surface area contributed by atoms with Gasteiger partial charge in [-0.15, -0.1) is 0 Å². The van der Waals surface area contributed by atoms with Gasteiger partial charge < -0.3 is 20.6 Å². The van der Waals surface area contributed by atoms with E-state index in [1.54, 1.807) is 36.7 Å². The highest BCUT2D eigenvalue weighted by Crippen LogP contribution is 2.29. The maximum Gasteiger partial charge on any atom is 0.274 e. The first-order valence-corrected chi connectivity index (χ1v) is 11.3. The average Bonchev–Trinajstić information content (AvgIpc) is 2.89. The number of carbonyl (C=O) groups is 1. The summed E-state index contributed by atoms with van der Waals surface area (Å²) in [5.41, 5.74) is 1.43. The van der Waals surface area contributed by atoms with Crippen LogP contribution in [0.2, 0.25) is 0 Å². The molecule has 1 amide bonds. The number of hydrogen-bond donors (Lipinski definition) is 3. The van der Waals surface area contributed by atoms with Crippen LogP contribution in [0, 0.1) is 11.3 Å². The summed E-state index contributed by atoms with van der Waals surface area (Å²) < 4.78 is 0. The smallest absolute Gasteiger partial charge is 0.274 e. The summed E-state index contributed by atoms with van der Waals surface area (Å²) in [5.74, 6) is 0.668. The quantitative estimate of drug-likeness (QED) is 0.410. The van der Waals surface area contributed by atoms with Crippen molar-refractivity contribution in [1.29, 1.82) is 5.26 Å². The molecule has 1 fully saturated rings. The minimum Gasteiger partial charge on any atom is -0.508 e. The predicted molar refractivity (Wildman–Crippen MR) is 133 cm³/mol. The molecular weight excluding hydrogens is 442 g/mol. The predicted octanol–water partition coefficient (Wildman–Crippen LogP) is 3.34. The standard InChI is InChI=1S/C26H23N7O2/c27-8-5-19-16-33(12-11-29-19)24-15-23(30-25(32-24)17-6-9-28-10-7-17)26(35)31-22-14-20(34)13-18-3-1-2-4-21(18)22/h1-4,6-7,9-10,13-15,19,29,34H,5,11-12,16H2,(H,31,35). The van der Waals surface area contributed by atoms with Crippen molar-refractivity contribution in [3.05, 3.63) is 72.7 Å². The number of phenols is 1. The Labute approximate surface area is 202 Å². The lowest BCUT2D eigenvalue weighted by Crippen LogP contribution is -2.51. The number of rotatable bonds is 5. The molecule has 0 spiro atoms. The van der Waals surface area contributed by atoms with Crippen LogP contribution in [0.1, 0.15) is 16.9 Å². The Morgan fingerprint density at radius 2 is 2.00 bits per heavy atom. The summed E-state index contributed by atoms with van der Waals surface area (Å²) in [4.78, 5) is 28.8. The highest BCUT2D eigenvalue weighted by molar-refractivity contribution is 6.09. The highest BCUT2D eigenvalue weighted by Gasteiger charge is 2.23. The van der Waals surface area contributed by atoms with Gasteiger partial charge in [0.05, 0.1) is 18.2 Å². The van der Waals surface area contributed by atoms with E-state index < -0.39 is 5.91 Å². The van der Waals surface area contributed by atoms with Crippen LogP contribution >= 0.6 is 0 Å². The molecule has 4 aromatic rings. The number of amides is 1. The van der Waals surface area contributed by atoms with Gasteiger partial charge in [-0.05, 0) is 23.6 Å². The maximum atomic E-state index is 13.4. The molecule has 1 atom stereocenters. The second-order valence-corrected chi connectivity index (χ2v) is 8.30. The molecule has 1 aliphatic heterocycles. The molecule has 2 aromatic carbocycles. The topological polar surface area (TPSA) is 127 Å². The Morgan fingerprint density at radius 1 is 1.17 bits per heavy atom. The summed E-state index contributed by atoms with van der Waals surface area (Å²) in [7, 11) is 0. The number of nitriles is 1. The number of phenolic OH excluding ortho intramolecular Hbond substituents is 1. The molecule has 3 heterocycles. The number of fused-ring (bicyclic) bond motifs is 1. The van der Waals surface area contributed by atoms with Gasteiger partial charge in [-0.2, -0.15) is 5.26 Å². The summed E-state index contributed by atoms with van der Waals surface area (Å²) in [6.45, 7) is 1.99. The fraction of sp³-hybridized carbons (Fsp3) is 0.192. The van der Waals surface area contributed by atoms with Gasteiger partial charge in [0, 0.05) is 61.2 Å². The highest BCUT2D eigenvalue weighted by atomic mass is 16.3. The van der Waals surface area contributed by atoms with E-state index in [-0.39, 0.29) is 17.5 Å². The van der Waals surface area contributed by atoms with Gasteiger partial charge in [0.25, 0.3) is 5.91 Å². The second kappa shape index (κ2) is 9.75. The van der Waals surface area contributed by atoms with Gasteiger partial charge in [0.2, 0.25) is 0 Å². The van der Waals surface area contributed by atoms with Crippen molar-refractivity contribution in [3.63, 3.8) is 0 Å². The molecule has 0 aliphatic carbocycles. The zero-order valence-electron chi connectivity index (χ0n) is 18.8. The van der Waals surface area contributed by atoms with Crippen LogP contribution in [0.25, 0.3) is 22.2 Å². The van der Waals surface area contributed by atoms with Crippen LogP contribution < -0.4 is 15.5 Å². The SMILES string of the molecule is N#CCC1CN(c2cc(C(=O)Nc3cc(O)cc4ccccc34)nc(-c3ccncc3)n2)CCN1. The van der Waals surface area contributed by atoms with E-state index in [2.05, 4.69) is 31.6 Å². The van der Waals surface area contributed by atoms with Crippen molar-refractivity contribution >= 4 is 28.2 Å². The number of hydrogen-bond acceptors (Lipinski definition) is 8. The number of benzene rings is 2. The Balaban J connectivity index is 1.52. The van der Waals surface area contributed by atoms with E-state index in [1.807, 2.05) is 24.3 Å². The van der Waals surface area contributed by atoms with E-state index in [4.69, 9.17) is 10.2 Å². The van der Waals surface area contributed by atoms with Crippen LogP contribution in [0.15, 0.2) is 67.0 Å². The van der Waals surface area contributed by atoms with Crippen molar-refractivity contribution in [1.82, 2.24) is 20.3 Å². The van der Waals surface area contributed by atoms with Gasteiger partial charge in [-0.25, -0.2) is 9.97 Å². The number of pyridine rings is 1. The van der Waals surface area contributed by atoms with Crippen molar-refractivity contribution in [2.75, 3.05) is 29.9 Å². The fourth-order valence-electron chi connectivity index (χ4n) is 4.21.